The molecule has 0 aliphatic carbocycles. The van der Waals surface area contributed by atoms with Crippen LogP contribution in [-0.2, 0) is 21.4 Å². The number of benzene rings is 2. The first-order valence-electron chi connectivity index (χ1n) is 19.8. The first-order chi connectivity index (χ1) is 28.4. The zero-order chi connectivity index (χ0) is 41.5. The number of anilines is 4. The van der Waals surface area contributed by atoms with Gasteiger partial charge in [0.15, 0.2) is 17.7 Å². The fraction of sp³-hybridized carbons (Fsp3) is 0.415. The molecule has 0 bridgehead atoms. The van der Waals surface area contributed by atoms with Crippen LogP contribution in [0.5, 0.6) is 5.75 Å². The van der Waals surface area contributed by atoms with Crippen LogP contribution in [0, 0.1) is 5.92 Å². The molecule has 3 fully saturated rings. The van der Waals surface area contributed by atoms with E-state index in [0.717, 1.165) is 74.6 Å². The number of aryl methyl sites for hydroxylation is 1. The normalized spacial score (nSPS) is 19.5. The zero-order valence-electron chi connectivity index (χ0n) is 33.0. The largest absolute Gasteiger partial charge is 0.475 e. The van der Waals surface area contributed by atoms with E-state index >= 15 is 0 Å². The van der Waals surface area contributed by atoms with Crippen molar-refractivity contribution in [2.24, 2.45) is 13.0 Å². The molecule has 4 aliphatic rings. The predicted molar refractivity (Wildman–Crippen MR) is 220 cm³/mol. The average Bonchev–Trinajstić information content (AvgIpc) is 3.48. The van der Waals surface area contributed by atoms with Gasteiger partial charge in [0.05, 0.1) is 22.8 Å². The number of fused-ring (bicyclic) bond motifs is 2. The number of piperidine rings is 2. The zero-order valence-corrected chi connectivity index (χ0v) is 33.8. The molecule has 17 nitrogen and oxygen atoms in total. The van der Waals surface area contributed by atoms with Gasteiger partial charge in [-0.25, -0.2) is 4.98 Å². The summed E-state index contributed by atoms with van der Waals surface area (Å²) in [5.41, 5.74) is 2.47. The molecule has 4 aliphatic heterocycles. The maximum atomic E-state index is 13.3. The number of imide groups is 2. The van der Waals surface area contributed by atoms with Crippen LogP contribution in [0.2, 0.25) is 5.02 Å². The van der Waals surface area contributed by atoms with Crippen molar-refractivity contribution in [3.05, 3.63) is 75.2 Å². The predicted octanol–water partition coefficient (Wildman–Crippen LogP) is 2.68. The summed E-state index contributed by atoms with van der Waals surface area (Å²) in [7, 11) is 3.16. The second kappa shape index (κ2) is 16.3. The lowest BCUT2D eigenvalue weighted by Crippen LogP contribution is -2.54. The molecule has 0 unspecified atom stereocenters. The standard InChI is InChI=1S/C41H45ClN10O7/c1-23(36(54)43-2)59-33-19-25-18-26(4-7-31(25)48(3)40(33)58)45-35-30(42)21-44-41(47-35)51-12-10-24(11-13-51)22-49-14-16-50(17-15-49)27-5-6-28-29(20-27)39(57)52(38(28)56)32-8-9-34(53)46-37(32)55/h4-7,18-21,23-24,32H,8-17,22H2,1-3H3,(H,43,54)(H,44,45,47)(H,46,53,55)/t23-,32-/m0/s1. The molecule has 0 saturated carbocycles. The summed E-state index contributed by atoms with van der Waals surface area (Å²) in [5, 5.41) is 9.16. The molecule has 6 heterocycles. The van der Waals surface area contributed by atoms with Crippen LogP contribution >= 0.6 is 11.6 Å². The van der Waals surface area contributed by atoms with Gasteiger partial charge >= 0.3 is 0 Å². The maximum Gasteiger partial charge on any atom is 0.293 e. The van der Waals surface area contributed by atoms with Gasteiger partial charge in [0.2, 0.25) is 17.8 Å². The number of halogens is 1. The summed E-state index contributed by atoms with van der Waals surface area (Å²) in [6, 6.07) is 11.4. The highest BCUT2D eigenvalue weighted by Crippen LogP contribution is 2.33. The van der Waals surface area contributed by atoms with Crippen molar-refractivity contribution in [3.8, 4) is 5.75 Å². The summed E-state index contributed by atoms with van der Waals surface area (Å²) in [4.78, 5) is 92.7. The molecule has 3 saturated heterocycles. The number of carbonyl (C=O) groups excluding carboxylic acids is 5. The first kappa shape index (κ1) is 39.7. The number of nitrogens with zero attached hydrogens (tertiary/aromatic N) is 7. The van der Waals surface area contributed by atoms with Crippen LogP contribution in [0.1, 0.15) is 53.3 Å². The monoisotopic (exact) mass is 824 g/mol. The summed E-state index contributed by atoms with van der Waals surface area (Å²) < 4.78 is 7.19. The molecule has 0 radical (unpaired) electrons. The topological polar surface area (TPSA) is 191 Å². The van der Waals surface area contributed by atoms with Gasteiger partial charge in [0.1, 0.15) is 11.1 Å². The third-order valence-corrected chi connectivity index (χ3v) is 12.0. The number of ether oxygens (including phenoxy) is 1. The van der Waals surface area contributed by atoms with Crippen molar-refractivity contribution in [1.82, 2.24) is 35.0 Å². The van der Waals surface area contributed by atoms with Gasteiger partial charge in [-0.2, -0.15) is 4.98 Å². The molecule has 2 aromatic heterocycles. The maximum absolute atomic E-state index is 13.3. The minimum atomic E-state index is -0.987. The molecule has 5 amide bonds. The van der Waals surface area contributed by atoms with Crippen molar-refractivity contribution >= 4 is 75.2 Å². The summed E-state index contributed by atoms with van der Waals surface area (Å²) in [6.07, 6.45) is 2.91. The minimum absolute atomic E-state index is 0.0671. The van der Waals surface area contributed by atoms with E-state index in [1.54, 1.807) is 38.4 Å². The number of pyridine rings is 1. The highest BCUT2D eigenvalue weighted by Gasteiger charge is 2.45. The highest BCUT2D eigenvalue weighted by atomic mass is 35.5. The van der Waals surface area contributed by atoms with Gasteiger partial charge in [-0.05, 0) is 74.6 Å². The van der Waals surface area contributed by atoms with E-state index in [-0.39, 0.29) is 41.2 Å². The van der Waals surface area contributed by atoms with Crippen LogP contribution in [0.25, 0.3) is 10.9 Å². The van der Waals surface area contributed by atoms with E-state index in [2.05, 4.69) is 35.6 Å². The van der Waals surface area contributed by atoms with Crippen molar-refractivity contribution in [2.75, 3.05) is 68.0 Å². The summed E-state index contributed by atoms with van der Waals surface area (Å²) in [6.45, 7) is 7.40. The summed E-state index contributed by atoms with van der Waals surface area (Å²) >= 11 is 6.57. The van der Waals surface area contributed by atoms with Crippen molar-refractivity contribution < 1.29 is 28.7 Å². The fourth-order valence-electron chi connectivity index (χ4n) is 8.32. The van der Waals surface area contributed by atoms with Gasteiger partial charge in [0.25, 0.3) is 23.3 Å². The average molecular weight is 825 g/mol. The number of nitrogens with one attached hydrogen (secondary N) is 3. The van der Waals surface area contributed by atoms with Crippen molar-refractivity contribution in [2.45, 2.75) is 44.8 Å². The number of aromatic nitrogens is 3. The lowest BCUT2D eigenvalue weighted by molar-refractivity contribution is -0.136. The van der Waals surface area contributed by atoms with Gasteiger partial charge < -0.3 is 29.7 Å². The van der Waals surface area contributed by atoms with Gasteiger partial charge in [0, 0.05) is 83.1 Å². The number of hydrogen-bond donors (Lipinski definition) is 3. The third kappa shape index (κ3) is 7.91. The quantitative estimate of drug-likeness (QED) is 0.198. The molecule has 2 atom stereocenters. The van der Waals surface area contributed by atoms with E-state index < -0.39 is 35.8 Å². The number of carbonyl (C=O) groups is 5. The molecule has 0 spiro atoms. The Balaban J connectivity index is 0.846. The Morgan fingerprint density at radius 3 is 2.41 bits per heavy atom. The Kier molecular flexibility index (Phi) is 11.0. The van der Waals surface area contributed by atoms with Crippen molar-refractivity contribution in [3.63, 3.8) is 0 Å². The second-order valence-electron chi connectivity index (χ2n) is 15.4. The van der Waals surface area contributed by atoms with Crippen LogP contribution in [0.4, 0.5) is 23.1 Å². The molecular weight excluding hydrogens is 780 g/mol. The number of piperazine rings is 1. The van der Waals surface area contributed by atoms with E-state index in [1.807, 2.05) is 24.3 Å². The molecular formula is C41H45ClN10O7. The second-order valence-corrected chi connectivity index (χ2v) is 15.8. The molecule has 8 rings (SSSR count). The Morgan fingerprint density at radius 2 is 1.68 bits per heavy atom. The van der Waals surface area contributed by atoms with Crippen LogP contribution < -0.4 is 36.0 Å². The van der Waals surface area contributed by atoms with E-state index in [1.165, 1.54) is 11.6 Å². The lowest BCUT2D eigenvalue weighted by atomic mass is 9.96. The van der Waals surface area contributed by atoms with Crippen molar-refractivity contribution in [1.29, 1.82) is 0 Å². The summed E-state index contributed by atoms with van der Waals surface area (Å²) in [5.74, 6) is -0.750. The Bertz CT molecular complexity index is 2430. The fourth-order valence-corrected chi connectivity index (χ4v) is 8.46. The van der Waals surface area contributed by atoms with Gasteiger partial charge in [-0.1, -0.05) is 11.6 Å². The molecule has 308 valence electrons. The van der Waals surface area contributed by atoms with Crippen LogP contribution in [0.15, 0.2) is 53.5 Å². The molecule has 18 heteroatoms. The number of likely N-dealkylation sites (N-methyl/N-ethyl adjacent to an activating group) is 1. The number of rotatable bonds is 10. The van der Waals surface area contributed by atoms with Crippen LogP contribution in [-0.4, -0.2) is 119 Å². The first-order valence-corrected chi connectivity index (χ1v) is 20.2. The van der Waals surface area contributed by atoms with E-state index in [0.29, 0.717) is 33.9 Å². The van der Waals surface area contributed by atoms with Gasteiger partial charge in [-0.3, -0.25) is 43.9 Å². The van der Waals surface area contributed by atoms with E-state index in [9.17, 15) is 28.8 Å². The van der Waals surface area contributed by atoms with E-state index in [4.69, 9.17) is 21.3 Å². The third-order valence-electron chi connectivity index (χ3n) is 11.7. The lowest BCUT2D eigenvalue weighted by Gasteiger charge is -2.39. The Labute approximate surface area is 344 Å². The Morgan fingerprint density at radius 1 is 0.932 bits per heavy atom. The highest BCUT2D eigenvalue weighted by molar-refractivity contribution is 6.33. The van der Waals surface area contributed by atoms with Crippen LogP contribution in [0.3, 0.4) is 0 Å². The molecule has 59 heavy (non-hydrogen) atoms. The SMILES string of the molecule is CNC(=O)[C@H](C)Oc1cc2cc(Nc3nc(N4CCC(CN5CCN(c6ccc7c(c6)C(=O)N([C@H]6CCC(=O)NC6=O)C7=O)CC5)CC4)ncc3Cl)ccc2n(C)c1=O. The molecule has 4 aromatic rings. The Hall–Kier alpha value is -6.07. The minimum Gasteiger partial charge on any atom is -0.475 e. The number of hydrogen-bond acceptors (Lipinski definition) is 13. The van der Waals surface area contributed by atoms with Gasteiger partial charge in [-0.15, -0.1) is 0 Å². The molecule has 3 N–H and O–H groups in total. The number of amides is 5. The molecule has 2 aromatic carbocycles. The smallest absolute Gasteiger partial charge is 0.293 e.